The Hall–Kier alpha value is -1.78. The predicted octanol–water partition coefficient (Wildman–Crippen LogP) is 3.63. The van der Waals surface area contributed by atoms with Crippen molar-refractivity contribution in [2.45, 2.75) is 6.10 Å². The Kier molecular flexibility index (Phi) is 4.82. The van der Waals surface area contributed by atoms with E-state index in [-0.39, 0.29) is 12.3 Å². The average molecular weight is 296 g/mol. The molecule has 0 bridgehead atoms. The van der Waals surface area contributed by atoms with Crippen LogP contribution in [0.1, 0.15) is 11.7 Å². The highest BCUT2D eigenvalue weighted by Gasteiger charge is 2.08. The van der Waals surface area contributed by atoms with Gasteiger partial charge in [-0.15, -0.1) is 0 Å². The molecule has 0 saturated carbocycles. The van der Waals surface area contributed by atoms with E-state index >= 15 is 0 Å². The van der Waals surface area contributed by atoms with Gasteiger partial charge in [0.2, 0.25) is 0 Å². The van der Waals surface area contributed by atoms with Gasteiger partial charge < -0.3 is 15.2 Å². The molecule has 1 unspecified atom stereocenters. The number of anilines is 1. The maximum absolute atomic E-state index is 13.5. The first-order chi connectivity index (χ1) is 9.60. The number of rotatable bonds is 5. The van der Waals surface area contributed by atoms with Gasteiger partial charge in [-0.05, 0) is 29.8 Å². The molecule has 3 nitrogen and oxygen atoms in total. The lowest BCUT2D eigenvalue weighted by Gasteiger charge is -2.14. The number of aliphatic hydroxyl groups excluding tert-OH is 1. The van der Waals surface area contributed by atoms with Crippen molar-refractivity contribution >= 4 is 17.3 Å². The Morgan fingerprint density at radius 1 is 1.25 bits per heavy atom. The Morgan fingerprint density at radius 3 is 2.55 bits per heavy atom. The average Bonchev–Trinajstić information content (AvgIpc) is 2.45. The van der Waals surface area contributed by atoms with Crippen molar-refractivity contribution in [1.29, 1.82) is 0 Å². The summed E-state index contributed by atoms with van der Waals surface area (Å²) in [5, 5.41) is 13.6. The first kappa shape index (κ1) is 14.6. The monoisotopic (exact) mass is 295 g/mol. The third-order valence-electron chi connectivity index (χ3n) is 2.91. The summed E-state index contributed by atoms with van der Waals surface area (Å²) in [6.07, 6.45) is -0.697. The molecule has 0 heterocycles. The third-order valence-corrected chi connectivity index (χ3v) is 3.16. The molecule has 106 valence electrons. The van der Waals surface area contributed by atoms with Gasteiger partial charge in [-0.25, -0.2) is 4.39 Å². The summed E-state index contributed by atoms with van der Waals surface area (Å²) in [4.78, 5) is 0. The predicted molar refractivity (Wildman–Crippen MR) is 77.9 cm³/mol. The molecule has 0 amide bonds. The molecular weight excluding hydrogens is 281 g/mol. The van der Waals surface area contributed by atoms with Crippen LogP contribution < -0.4 is 10.1 Å². The van der Waals surface area contributed by atoms with Gasteiger partial charge in [-0.2, -0.15) is 0 Å². The van der Waals surface area contributed by atoms with E-state index < -0.39 is 11.9 Å². The lowest BCUT2D eigenvalue weighted by atomic mass is 10.1. The Bertz CT molecular complexity index is 575. The van der Waals surface area contributed by atoms with Gasteiger partial charge in [0.15, 0.2) is 11.6 Å². The number of aliphatic hydroxyl groups is 1. The minimum absolute atomic E-state index is 0.189. The van der Waals surface area contributed by atoms with Crippen LogP contribution >= 0.6 is 11.6 Å². The van der Waals surface area contributed by atoms with Crippen molar-refractivity contribution in [2.24, 2.45) is 0 Å². The Balaban J connectivity index is 1.97. The van der Waals surface area contributed by atoms with E-state index in [9.17, 15) is 9.50 Å². The van der Waals surface area contributed by atoms with E-state index in [0.717, 1.165) is 5.56 Å². The van der Waals surface area contributed by atoms with Gasteiger partial charge in [-0.3, -0.25) is 0 Å². The molecule has 0 aliphatic rings. The van der Waals surface area contributed by atoms with Crippen LogP contribution in [0.3, 0.4) is 0 Å². The van der Waals surface area contributed by atoms with Gasteiger partial charge in [0, 0.05) is 23.3 Å². The highest BCUT2D eigenvalue weighted by Crippen LogP contribution is 2.22. The maximum atomic E-state index is 13.5. The fourth-order valence-electron chi connectivity index (χ4n) is 1.79. The highest BCUT2D eigenvalue weighted by molar-refractivity contribution is 6.30. The third kappa shape index (κ3) is 3.62. The minimum Gasteiger partial charge on any atom is -0.494 e. The zero-order valence-electron chi connectivity index (χ0n) is 10.9. The van der Waals surface area contributed by atoms with E-state index in [1.807, 2.05) is 0 Å². The number of methoxy groups -OCH3 is 1. The zero-order valence-corrected chi connectivity index (χ0v) is 11.7. The molecule has 0 saturated heterocycles. The SMILES string of the molecule is COc1ccc(NCC(O)c2ccc(Cl)cc2)cc1F. The maximum Gasteiger partial charge on any atom is 0.167 e. The van der Waals surface area contributed by atoms with Crippen LogP contribution in [0.4, 0.5) is 10.1 Å². The largest absolute Gasteiger partial charge is 0.494 e. The fourth-order valence-corrected chi connectivity index (χ4v) is 1.92. The van der Waals surface area contributed by atoms with Crippen LogP contribution in [0.15, 0.2) is 42.5 Å². The van der Waals surface area contributed by atoms with Crippen LogP contribution in [0.5, 0.6) is 5.75 Å². The second kappa shape index (κ2) is 6.59. The Labute approximate surface area is 122 Å². The first-order valence-corrected chi connectivity index (χ1v) is 6.49. The van der Waals surface area contributed by atoms with E-state index in [1.54, 1.807) is 30.3 Å². The number of halogens is 2. The zero-order chi connectivity index (χ0) is 14.5. The van der Waals surface area contributed by atoms with E-state index in [1.165, 1.54) is 19.2 Å². The topological polar surface area (TPSA) is 41.5 Å². The van der Waals surface area contributed by atoms with Crippen LogP contribution in [-0.2, 0) is 0 Å². The molecule has 0 aliphatic heterocycles. The molecule has 2 aromatic carbocycles. The van der Waals surface area contributed by atoms with Crippen molar-refractivity contribution in [3.05, 3.63) is 58.9 Å². The van der Waals surface area contributed by atoms with Crippen LogP contribution in [-0.4, -0.2) is 18.8 Å². The van der Waals surface area contributed by atoms with E-state index in [2.05, 4.69) is 5.32 Å². The Morgan fingerprint density at radius 2 is 1.95 bits per heavy atom. The fraction of sp³-hybridized carbons (Fsp3) is 0.200. The number of nitrogens with one attached hydrogen (secondary N) is 1. The molecule has 2 aromatic rings. The molecule has 2 rings (SSSR count). The van der Waals surface area contributed by atoms with Gasteiger partial charge in [0.1, 0.15) is 0 Å². The van der Waals surface area contributed by atoms with Crippen molar-refractivity contribution < 1.29 is 14.2 Å². The molecule has 20 heavy (non-hydrogen) atoms. The molecule has 5 heteroatoms. The molecule has 1 atom stereocenters. The number of hydrogen-bond acceptors (Lipinski definition) is 3. The van der Waals surface area contributed by atoms with Gasteiger partial charge in [-0.1, -0.05) is 23.7 Å². The molecule has 0 radical (unpaired) electrons. The first-order valence-electron chi connectivity index (χ1n) is 6.11. The highest BCUT2D eigenvalue weighted by atomic mass is 35.5. The summed E-state index contributed by atoms with van der Waals surface area (Å²) in [6, 6.07) is 11.5. The van der Waals surface area contributed by atoms with E-state index in [4.69, 9.17) is 16.3 Å². The van der Waals surface area contributed by atoms with Crippen LogP contribution in [0.25, 0.3) is 0 Å². The summed E-state index contributed by atoms with van der Waals surface area (Å²) in [6.45, 7) is 0.271. The normalized spacial score (nSPS) is 12.0. The van der Waals surface area contributed by atoms with Crippen molar-refractivity contribution in [3.63, 3.8) is 0 Å². The number of benzene rings is 2. The summed E-state index contributed by atoms with van der Waals surface area (Å²) >= 11 is 5.78. The van der Waals surface area contributed by atoms with Gasteiger partial charge in [0.25, 0.3) is 0 Å². The minimum atomic E-state index is -0.697. The second-order valence-electron chi connectivity index (χ2n) is 4.30. The van der Waals surface area contributed by atoms with Gasteiger partial charge >= 0.3 is 0 Å². The summed E-state index contributed by atoms with van der Waals surface area (Å²) in [5.74, 6) is -0.257. The molecule has 0 spiro atoms. The van der Waals surface area contributed by atoms with Crippen molar-refractivity contribution in [2.75, 3.05) is 19.0 Å². The van der Waals surface area contributed by atoms with E-state index in [0.29, 0.717) is 10.7 Å². The summed E-state index contributed by atoms with van der Waals surface area (Å²) in [5.41, 5.74) is 1.33. The summed E-state index contributed by atoms with van der Waals surface area (Å²) in [7, 11) is 1.41. The quantitative estimate of drug-likeness (QED) is 0.885. The van der Waals surface area contributed by atoms with Crippen LogP contribution in [0.2, 0.25) is 5.02 Å². The van der Waals surface area contributed by atoms with Crippen LogP contribution in [0, 0.1) is 5.82 Å². The summed E-state index contributed by atoms with van der Waals surface area (Å²) < 4.78 is 18.3. The molecular formula is C15H15ClFNO2. The lowest BCUT2D eigenvalue weighted by Crippen LogP contribution is -2.12. The molecule has 0 aromatic heterocycles. The van der Waals surface area contributed by atoms with Crippen molar-refractivity contribution in [3.8, 4) is 5.75 Å². The van der Waals surface area contributed by atoms with Gasteiger partial charge in [0.05, 0.1) is 13.2 Å². The number of hydrogen-bond donors (Lipinski definition) is 2. The smallest absolute Gasteiger partial charge is 0.167 e. The molecule has 2 N–H and O–H groups in total. The standard InChI is InChI=1S/C15H15ClFNO2/c1-20-15-7-6-12(8-13(15)17)18-9-14(19)10-2-4-11(16)5-3-10/h2-8,14,18-19H,9H2,1H3. The molecule has 0 aliphatic carbocycles. The second-order valence-corrected chi connectivity index (χ2v) is 4.73. The van der Waals surface area contributed by atoms with Crippen molar-refractivity contribution in [1.82, 2.24) is 0 Å². The lowest BCUT2D eigenvalue weighted by molar-refractivity contribution is 0.191. The number of ether oxygens (including phenoxy) is 1. The molecule has 0 fully saturated rings.